The summed E-state index contributed by atoms with van der Waals surface area (Å²) in [4.78, 5) is 0. The minimum atomic E-state index is 0.431. The van der Waals surface area contributed by atoms with Gasteiger partial charge in [-0.05, 0) is 36.5 Å². The zero-order valence-electron chi connectivity index (χ0n) is 10.7. The molecule has 0 radical (unpaired) electrons. The van der Waals surface area contributed by atoms with Gasteiger partial charge in [0.25, 0.3) is 0 Å². The predicted octanol–water partition coefficient (Wildman–Crippen LogP) is 2.67. The summed E-state index contributed by atoms with van der Waals surface area (Å²) < 4.78 is 1.85. The minimum absolute atomic E-state index is 0.431. The van der Waals surface area contributed by atoms with Crippen molar-refractivity contribution in [2.75, 3.05) is 6.54 Å². The summed E-state index contributed by atoms with van der Waals surface area (Å²) in [5.41, 5.74) is 1.32. The van der Waals surface area contributed by atoms with Gasteiger partial charge in [0.2, 0.25) is 0 Å². The van der Waals surface area contributed by atoms with Crippen LogP contribution in [-0.2, 0) is 6.54 Å². The molecule has 1 saturated carbocycles. The van der Waals surface area contributed by atoms with E-state index in [9.17, 15) is 0 Å². The first-order valence-corrected chi connectivity index (χ1v) is 7.04. The Labute approximate surface area is 117 Å². The molecule has 1 aliphatic carbocycles. The maximum atomic E-state index is 5.94. The third kappa shape index (κ3) is 3.33. The molecule has 1 aromatic heterocycles. The summed E-state index contributed by atoms with van der Waals surface area (Å²) in [6, 6.07) is 8.60. The Morgan fingerprint density at radius 1 is 1.32 bits per heavy atom. The molecule has 1 N–H and O–H groups in total. The van der Waals surface area contributed by atoms with E-state index >= 15 is 0 Å². The third-order valence-corrected chi connectivity index (χ3v) is 3.75. The van der Waals surface area contributed by atoms with Crippen LogP contribution in [0.4, 0.5) is 0 Å². The molecule has 1 unspecified atom stereocenters. The van der Waals surface area contributed by atoms with Crippen molar-refractivity contribution < 1.29 is 0 Å². The van der Waals surface area contributed by atoms with Crippen molar-refractivity contribution in [3.05, 3.63) is 47.2 Å². The van der Waals surface area contributed by atoms with Crippen LogP contribution in [0.2, 0.25) is 5.02 Å². The van der Waals surface area contributed by atoms with Gasteiger partial charge < -0.3 is 5.32 Å². The van der Waals surface area contributed by atoms with Crippen molar-refractivity contribution in [3.63, 3.8) is 0 Å². The van der Waals surface area contributed by atoms with Gasteiger partial charge in [0.05, 0.1) is 12.7 Å². The smallest absolute Gasteiger partial charge is 0.0692 e. The van der Waals surface area contributed by atoms with Crippen LogP contribution in [0.5, 0.6) is 0 Å². The molecule has 0 bridgehead atoms. The number of nitrogens with one attached hydrogen (secondary N) is 1. The van der Waals surface area contributed by atoms with Crippen LogP contribution in [-0.4, -0.2) is 21.5 Å². The Bertz CT molecular complexity index is 505. The monoisotopic (exact) mass is 276 g/mol. The Balaban J connectivity index is 1.60. The number of hydrogen-bond donors (Lipinski definition) is 1. The fraction of sp³-hybridized carbons (Fsp3) is 0.429. The molecule has 0 spiro atoms. The fourth-order valence-corrected chi connectivity index (χ4v) is 2.47. The van der Waals surface area contributed by atoms with Crippen LogP contribution < -0.4 is 5.32 Å². The molecule has 0 amide bonds. The average molecular weight is 277 g/mol. The molecule has 4 nitrogen and oxygen atoms in total. The maximum Gasteiger partial charge on any atom is 0.0692 e. The van der Waals surface area contributed by atoms with E-state index in [0.717, 1.165) is 24.0 Å². The summed E-state index contributed by atoms with van der Waals surface area (Å²) in [6.07, 6.45) is 6.21. The number of hydrogen-bond acceptors (Lipinski definition) is 3. The normalized spacial score (nSPS) is 16.5. The lowest BCUT2D eigenvalue weighted by Gasteiger charge is -2.18. The van der Waals surface area contributed by atoms with E-state index in [4.69, 9.17) is 11.6 Å². The van der Waals surface area contributed by atoms with Gasteiger partial charge in [-0.2, -0.15) is 0 Å². The number of rotatable bonds is 6. The number of halogens is 1. The quantitative estimate of drug-likeness (QED) is 0.882. The minimum Gasteiger partial charge on any atom is -0.308 e. The molecule has 1 fully saturated rings. The first-order chi connectivity index (χ1) is 9.33. The summed E-state index contributed by atoms with van der Waals surface area (Å²) in [6.45, 7) is 1.74. The highest BCUT2D eigenvalue weighted by Gasteiger charge is 2.31. The van der Waals surface area contributed by atoms with Crippen LogP contribution in [0, 0.1) is 5.92 Å². The van der Waals surface area contributed by atoms with E-state index in [1.165, 1.54) is 18.4 Å². The van der Waals surface area contributed by atoms with Crippen LogP contribution in [0.1, 0.15) is 24.4 Å². The molecule has 1 aliphatic rings. The Morgan fingerprint density at radius 2 is 2.11 bits per heavy atom. The highest BCUT2D eigenvalue weighted by molar-refractivity contribution is 6.30. The summed E-state index contributed by atoms with van der Waals surface area (Å²) >= 11 is 5.94. The van der Waals surface area contributed by atoms with E-state index in [2.05, 4.69) is 27.8 Å². The number of benzene rings is 1. The van der Waals surface area contributed by atoms with Crippen molar-refractivity contribution in [1.82, 2.24) is 20.3 Å². The average Bonchev–Trinajstić information content (AvgIpc) is 3.13. The van der Waals surface area contributed by atoms with Gasteiger partial charge in [0.1, 0.15) is 0 Å². The van der Waals surface area contributed by atoms with Crippen LogP contribution in [0.25, 0.3) is 0 Å². The van der Waals surface area contributed by atoms with Crippen LogP contribution in [0.3, 0.4) is 0 Å². The molecular formula is C14H17ClN4. The van der Waals surface area contributed by atoms with E-state index in [-0.39, 0.29) is 0 Å². The molecule has 100 valence electrons. The second-order valence-corrected chi connectivity index (χ2v) is 5.42. The van der Waals surface area contributed by atoms with Gasteiger partial charge in [-0.1, -0.05) is 28.9 Å². The highest BCUT2D eigenvalue weighted by atomic mass is 35.5. The van der Waals surface area contributed by atoms with E-state index < -0.39 is 0 Å². The van der Waals surface area contributed by atoms with Crippen LogP contribution >= 0.6 is 11.6 Å². The lowest BCUT2D eigenvalue weighted by Crippen LogP contribution is -2.27. The Kier molecular flexibility index (Phi) is 3.80. The Hall–Kier alpha value is -1.39. The molecule has 1 atom stereocenters. The standard InChI is InChI=1S/C14H17ClN4/c15-13-5-3-12(4-6-13)14(11-1-2-11)16-7-9-19-10-8-17-18-19/h3-6,8,10-11,14,16H,1-2,7,9H2. The summed E-state index contributed by atoms with van der Waals surface area (Å²) in [5, 5.41) is 12.2. The molecule has 5 heteroatoms. The van der Waals surface area contributed by atoms with Gasteiger partial charge in [-0.25, -0.2) is 0 Å². The molecule has 3 rings (SSSR count). The topological polar surface area (TPSA) is 42.7 Å². The van der Waals surface area contributed by atoms with Crippen molar-refractivity contribution in [3.8, 4) is 0 Å². The molecule has 1 heterocycles. The second kappa shape index (κ2) is 5.72. The van der Waals surface area contributed by atoms with E-state index in [0.29, 0.717) is 6.04 Å². The van der Waals surface area contributed by atoms with Gasteiger partial charge in [0, 0.05) is 23.8 Å². The van der Waals surface area contributed by atoms with Gasteiger partial charge in [-0.15, -0.1) is 5.10 Å². The van der Waals surface area contributed by atoms with Crippen molar-refractivity contribution in [2.45, 2.75) is 25.4 Å². The zero-order chi connectivity index (χ0) is 13.1. The molecule has 1 aromatic carbocycles. The van der Waals surface area contributed by atoms with Crippen molar-refractivity contribution >= 4 is 11.6 Å². The van der Waals surface area contributed by atoms with E-state index in [1.807, 2.05) is 23.0 Å². The van der Waals surface area contributed by atoms with Gasteiger partial charge in [0.15, 0.2) is 0 Å². The van der Waals surface area contributed by atoms with Gasteiger partial charge in [-0.3, -0.25) is 4.68 Å². The van der Waals surface area contributed by atoms with E-state index in [1.54, 1.807) is 6.20 Å². The SMILES string of the molecule is Clc1ccc(C(NCCn2ccnn2)C2CC2)cc1. The zero-order valence-corrected chi connectivity index (χ0v) is 11.4. The number of aromatic nitrogens is 3. The number of nitrogens with zero attached hydrogens (tertiary/aromatic N) is 3. The van der Waals surface area contributed by atoms with Crippen LogP contribution in [0.15, 0.2) is 36.7 Å². The molecule has 0 saturated heterocycles. The maximum absolute atomic E-state index is 5.94. The largest absolute Gasteiger partial charge is 0.308 e. The third-order valence-electron chi connectivity index (χ3n) is 3.50. The molecule has 19 heavy (non-hydrogen) atoms. The Morgan fingerprint density at radius 3 is 2.74 bits per heavy atom. The van der Waals surface area contributed by atoms with Gasteiger partial charge >= 0.3 is 0 Å². The van der Waals surface area contributed by atoms with Crippen molar-refractivity contribution in [1.29, 1.82) is 0 Å². The first kappa shape index (κ1) is 12.6. The highest BCUT2D eigenvalue weighted by Crippen LogP contribution is 2.41. The second-order valence-electron chi connectivity index (χ2n) is 4.99. The summed E-state index contributed by atoms with van der Waals surface area (Å²) in [5.74, 6) is 0.761. The molecule has 2 aromatic rings. The summed E-state index contributed by atoms with van der Waals surface area (Å²) in [7, 11) is 0. The lowest BCUT2D eigenvalue weighted by molar-refractivity contribution is 0.447. The van der Waals surface area contributed by atoms with Crippen molar-refractivity contribution in [2.24, 2.45) is 5.92 Å². The molecular weight excluding hydrogens is 260 g/mol. The lowest BCUT2D eigenvalue weighted by atomic mass is 10.0. The fourth-order valence-electron chi connectivity index (χ4n) is 2.34. The molecule has 0 aliphatic heterocycles. The predicted molar refractivity (Wildman–Crippen MR) is 74.9 cm³/mol. The first-order valence-electron chi connectivity index (χ1n) is 6.66.